The number of hydrogen-bond donors (Lipinski definition) is 0. The molecular weight excluding hydrogens is 220 g/mol. The first-order valence-electron chi connectivity index (χ1n) is 7.12. The summed E-state index contributed by atoms with van der Waals surface area (Å²) >= 11 is 0. The van der Waals surface area contributed by atoms with Crippen LogP contribution in [0.2, 0.25) is 0 Å². The predicted octanol–water partition coefficient (Wildman–Crippen LogP) is 3.08. The Balaban J connectivity index is 0.000000771. The van der Waals surface area contributed by atoms with Gasteiger partial charge in [-0.05, 0) is 37.6 Å². The Bertz CT molecular complexity index is 352. The third-order valence-electron chi connectivity index (χ3n) is 3.57. The lowest BCUT2D eigenvalue weighted by molar-refractivity contribution is 0.148. The second-order valence-corrected chi connectivity index (χ2v) is 5.00. The minimum atomic E-state index is 1.11. The molecule has 0 N–H and O–H groups in total. The number of nitrogens with zero attached hydrogens (tertiary/aromatic N) is 2. The lowest BCUT2D eigenvalue weighted by atomic mass is 10.1. The molecular formula is C16H28N2. The molecule has 1 aliphatic heterocycles. The Morgan fingerprint density at radius 1 is 0.944 bits per heavy atom. The smallest absolute Gasteiger partial charge is 0.0234 e. The Labute approximate surface area is 113 Å². The fraction of sp³-hybridized carbons (Fsp3) is 0.625. The van der Waals surface area contributed by atoms with Gasteiger partial charge in [0.1, 0.15) is 0 Å². The molecule has 1 aromatic carbocycles. The van der Waals surface area contributed by atoms with Crippen LogP contribution < -0.4 is 0 Å². The highest BCUT2D eigenvalue weighted by molar-refractivity contribution is 5.29. The minimum Gasteiger partial charge on any atom is -0.304 e. The molecule has 2 rings (SSSR count). The molecule has 18 heavy (non-hydrogen) atoms. The molecule has 0 spiro atoms. The monoisotopic (exact) mass is 248 g/mol. The average Bonchev–Trinajstić information content (AvgIpc) is 2.39. The molecule has 0 radical (unpaired) electrons. The normalized spacial score (nSPS) is 17.2. The average molecular weight is 248 g/mol. The summed E-state index contributed by atoms with van der Waals surface area (Å²) in [5.74, 6) is 0. The zero-order valence-corrected chi connectivity index (χ0v) is 12.7. The standard InChI is InChI=1S/C14H22N2.C2H6/c1-12-4-5-14(10-13(12)2)11-16-8-6-15(3)7-9-16;1-2/h4-5,10H,6-9,11H2,1-3H3;1-2H3. The van der Waals surface area contributed by atoms with Crippen LogP contribution in [0.15, 0.2) is 18.2 Å². The van der Waals surface area contributed by atoms with E-state index >= 15 is 0 Å². The van der Waals surface area contributed by atoms with E-state index in [0.29, 0.717) is 0 Å². The quantitative estimate of drug-likeness (QED) is 0.793. The summed E-state index contributed by atoms with van der Waals surface area (Å²) in [4.78, 5) is 4.95. The first kappa shape index (κ1) is 15.2. The van der Waals surface area contributed by atoms with Crippen LogP contribution in [0.5, 0.6) is 0 Å². The van der Waals surface area contributed by atoms with Gasteiger partial charge in [-0.25, -0.2) is 0 Å². The van der Waals surface area contributed by atoms with Crippen LogP contribution in [-0.4, -0.2) is 43.0 Å². The van der Waals surface area contributed by atoms with Gasteiger partial charge in [0.25, 0.3) is 0 Å². The van der Waals surface area contributed by atoms with Crippen molar-refractivity contribution in [2.24, 2.45) is 0 Å². The summed E-state index contributed by atoms with van der Waals surface area (Å²) in [7, 11) is 2.20. The zero-order valence-electron chi connectivity index (χ0n) is 12.7. The van der Waals surface area contributed by atoms with E-state index in [9.17, 15) is 0 Å². The van der Waals surface area contributed by atoms with Crippen molar-refractivity contribution in [2.45, 2.75) is 34.2 Å². The molecule has 2 heteroatoms. The molecule has 1 fully saturated rings. The van der Waals surface area contributed by atoms with Crippen LogP contribution in [0.4, 0.5) is 0 Å². The van der Waals surface area contributed by atoms with Gasteiger partial charge in [-0.3, -0.25) is 4.90 Å². The third kappa shape index (κ3) is 4.43. The van der Waals surface area contributed by atoms with Crippen molar-refractivity contribution in [3.8, 4) is 0 Å². The van der Waals surface area contributed by atoms with Gasteiger partial charge in [0, 0.05) is 32.7 Å². The van der Waals surface area contributed by atoms with Gasteiger partial charge in [0.15, 0.2) is 0 Å². The maximum Gasteiger partial charge on any atom is 0.0234 e. The van der Waals surface area contributed by atoms with E-state index in [1.54, 1.807) is 0 Å². The van der Waals surface area contributed by atoms with E-state index in [-0.39, 0.29) is 0 Å². The highest BCUT2D eigenvalue weighted by Gasteiger charge is 2.13. The topological polar surface area (TPSA) is 6.48 Å². The van der Waals surface area contributed by atoms with Crippen molar-refractivity contribution in [3.05, 3.63) is 34.9 Å². The first-order valence-corrected chi connectivity index (χ1v) is 7.12. The van der Waals surface area contributed by atoms with E-state index in [1.165, 1.54) is 42.9 Å². The van der Waals surface area contributed by atoms with Crippen molar-refractivity contribution in [1.29, 1.82) is 0 Å². The molecule has 1 aliphatic rings. The Hall–Kier alpha value is -0.860. The van der Waals surface area contributed by atoms with Gasteiger partial charge in [-0.1, -0.05) is 32.0 Å². The maximum atomic E-state index is 2.55. The summed E-state index contributed by atoms with van der Waals surface area (Å²) in [6, 6.07) is 6.83. The van der Waals surface area contributed by atoms with Crippen molar-refractivity contribution >= 4 is 0 Å². The van der Waals surface area contributed by atoms with E-state index in [2.05, 4.69) is 48.9 Å². The van der Waals surface area contributed by atoms with Crippen LogP contribution in [0.1, 0.15) is 30.5 Å². The van der Waals surface area contributed by atoms with Gasteiger partial charge in [0.05, 0.1) is 0 Å². The van der Waals surface area contributed by atoms with Crippen LogP contribution in [0.3, 0.4) is 0 Å². The Kier molecular flexibility index (Phi) is 6.37. The Morgan fingerprint density at radius 2 is 1.56 bits per heavy atom. The van der Waals surface area contributed by atoms with E-state index in [4.69, 9.17) is 0 Å². The summed E-state index contributed by atoms with van der Waals surface area (Å²) in [6.45, 7) is 14.3. The molecule has 1 heterocycles. The number of rotatable bonds is 2. The fourth-order valence-electron chi connectivity index (χ4n) is 2.17. The lowest BCUT2D eigenvalue weighted by Gasteiger charge is -2.32. The molecule has 0 amide bonds. The number of likely N-dealkylation sites (N-methyl/N-ethyl adjacent to an activating group) is 1. The van der Waals surface area contributed by atoms with Crippen molar-refractivity contribution < 1.29 is 0 Å². The third-order valence-corrected chi connectivity index (χ3v) is 3.57. The van der Waals surface area contributed by atoms with Crippen molar-refractivity contribution in [2.75, 3.05) is 33.2 Å². The van der Waals surface area contributed by atoms with Crippen LogP contribution in [0, 0.1) is 13.8 Å². The summed E-state index contributed by atoms with van der Waals surface area (Å²) in [5.41, 5.74) is 4.25. The highest BCUT2D eigenvalue weighted by Crippen LogP contribution is 2.12. The Morgan fingerprint density at radius 3 is 2.11 bits per heavy atom. The first-order chi connectivity index (χ1) is 8.65. The second-order valence-electron chi connectivity index (χ2n) is 5.00. The molecule has 0 aliphatic carbocycles. The summed E-state index contributed by atoms with van der Waals surface area (Å²) < 4.78 is 0. The van der Waals surface area contributed by atoms with Gasteiger partial charge in [-0.2, -0.15) is 0 Å². The van der Waals surface area contributed by atoms with Gasteiger partial charge < -0.3 is 4.90 Å². The van der Waals surface area contributed by atoms with Crippen LogP contribution in [0.25, 0.3) is 0 Å². The summed E-state index contributed by atoms with van der Waals surface area (Å²) in [5, 5.41) is 0. The predicted molar refractivity (Wildman–Crippen MR) is 80.0 cm³/mol. The van der Waals surface area contributed by atoms with Gasteiger partial charge in [0.2, 0.25) is 0 Å². The SMILES string of the molecule is CC.Cc1ccc(CN2CCN(C)CC2)cc1C. The number of aryl methyl sites for hydroxylation is 2. The van der Waals surface area contributed by atoms with E-state index in [0.717, 1.165) is 6.54 Å². The second kappa shape index (κ2) is 7.55. The van der Waals surface area contributed by atoms with E-state index in [1.807, 2.05) is 13.8 Å². The fourth-order valence-corrected chi connectivity index (χ4v) is 2.17. The van der Waals surface area contributed by atoms with Crippen molar-refractivity contribution in [3.63, 3.8) is 0 Å². The molecule has 1 saturated heterocycles. The number of hydrogen-bond acceptors (Lipinski definition) is 2. The molecule has 0 saturated carbocycles. The zero-order chi connectivity index (χ0) is 13.5. The number of benzene rings is 1. The largest absolute Gasteiger partial charge is 0.304 e. The summed E-state index contributed by atoms with van der Waals surface area (Å²) in [6.07, 6.45) is 0. The molecule has 102 valence electrons. The van der Waals surface area contributed by atoms with Crippen LogP contribution >= 0.6 is 0 Å². The molecule has 0 atom stereocenters. The molecule has 0 aromatic heterocycles. The molecule has 0 unspecified atom stereocenters. The number of piperazine rings is 1. The van der Waals surface area contributed by atoms with Crippen LogP contribution in [-0.2, 0) is 6.54 Å². The van der Waals surface area contributed by atoms with E-state index < -0.39 is 0 Å². The molecule has 0 bridgehead atoms. The van der Waals surface area contributed by atoms with Crippen molar-refractivity contribution in [1.82, 2.24) is 9.80 Å². The molecule has 1 aromatic rings. The maximum absolute atomic E-state index is 2.55. The highest BCUT2D eigenvalue weighted by atomic mass is 15.2. The lowest BCUT2D eigenvalue weighted by Crippen LogP contribution is -2.43. The molecule has 2 nitrogen and oxygen atoms in total. The van der Waals surface area contributed by atoms with Gasteiger partial charge in [-0.15, -0.1) is 0 Å². The van der Waals surface area contributed by atoms with Gasteiger partial charge >= 0.3 is 0 Å². The minimum absolute atomic E-state index is 1.11.